The maximum atomic E-state index is 9.53. The molecule has 1 aromatic carbocycles. The van der Waals surface area contributed by atoms with Crippen molar-refractivity contribution in [1.82, 2.24) is 9.38 Å². The second-order valence-corrected chi connectivity index (χ2v) is 5.19. The van der Waals surface area contributed by atoms with Crippen molar-refractivity contribution in [2.45, 2.75) is 12.3 Å². The van der Waals surface area contributed by atoms with Crippen LogP contribution in [-0.2, 0) is 6.42 Å². The summed E-state index contributed by atoms with van der Waals surface area (Å²) in [7, 11) is 0. The maximum absolute atomic E-state index is 9.53. The summed E-state index contributed by atoms with van der Waals surface area (Å²) in [6.45, 7) is 0.148. The van der Waals surface area contributed by atoms with E-state index < -0.39 is 0 Å². The minimum absolute atomic E-state index is 0.121. The molecule has 0 amide bonds. The molecule has 0 aliphatic carbocycles. The lowest BCUT2D eigenvalue weighted by Gasteiger charge is -2.12. The first kappa shape index (κ1) is 11.4. The van der Waals surface area contributed by atoms with Gasteiger partial charge in [-0.3, -0.25) is 4.40 Å². The molecule has 0 aliphatic rings. The second-order valence-electron chi connectivity index (χ2n) is 4.32. The molecule has 0 aliphatic heterocycles. The predicted octanol–water partition coefficient (Wildman–Crippen LogP) is 2.71. The number of benzene rings is 1. The van der Waals surface area contributed by atoms with Crippen LogP contribution in [0.15, 0.2) is 48.1 Å². The molecule has 1 unspecified atom stereocenters. The van der Waals surface area contributed by atoms with Gasteiger partial charge in [0, 0.05) is 30.1 Å². The first-order valence-corrected chi connectivity index (χ1v) is 6.81. The maximum Gasteiger partial charge on any atom is 0.193 e. The van der Waals surface area contributed by atoms with E-state index in [2.05, 4.69) is 17.1 Å². The lowest BCUT2D eigenvalue weighted by atomic mass is 9.95. The van der Waals surface area contributed by atoms with Gasteiger partial charge in [0.05, 0.1) is 12.3 Å². The van der Waals surface area contributed by atoms with Crippen molar-refractivity contribution in [3.05, 3.63) is 59.4 Å². The number of imidazole rings is 1. The average molecular weight is 258 g/mol. The molecular formula is C14H14N2OS. The number of rotatable bonds is 4. The van der Waals surface area contributed by atoms with Crippen LogP contribution in [0.4, 0.5) is 0 Å². The molecule has 2 aromatic heterocycles. The first-order chi connectivity index (χ1) is 8.86. The molecule has 92 valence electrons. The molecule has 2 heterocycles. The Hall–Kier alpha value is -1.65. The van der Waals surface area contributed by atoms with E-state index in [0.29, 0.717) is 0 Å². The van der Waals surface area contributed by atoms with Gasteiger partial charge in [0.1, 0.15) is 0 Å². The predicted molar refractivity (Wildman–Crippen MR) is 73.0 cm³/mol. The summed E-state index contributed by atoms with van der Waals surface area (Å²) in [6, 6.07) is 10.1. The molecule has 1 atom stereocenters. The third kappa shape index (κ3) is 2.17. The summed E-state index contributed by atoms with van der Waals surface area (Å²) in [5, 5.41) is 11.6. The van der Waals surface area contributed by atoms with Gasteiger partial charge in [-0.05, 0) is 5.56 Å². The Morgan fingerprint density at radius 1 is 1.28 bits per heavy atom. The van der Waals surface area contributed by atoms with Gasteiger partial charge in [0.25, 0.3) is 0 Å². The molecule has 0 saturated carbocycles. The van der Waals surface area contributed by atoms with Crippen molar-refractivity contribution in [3.8, 4) is 0 Å². The van der Waals surface area contributed by atoms with Crippen LogP contribution >= 0.6 is 11.3 Å². The number of aromatic nitrogens is 2. The smallest absolute Gasteiger partial charge is 0.193 e. The highest BCUT2D eigenvalue weighted by atomic mass is 32.1. The molecule has 0 radical (unpaired) electrons. The zero-order chi connectivity index (χ0) is 12.4. The summed E-state index contributed by atoms with van der Waals surface area (Å²) < 4.78 is 2.03. The van der Waals surface area contributed by atoms with E-state index in [0.717, 1.165) is 22.6 Å². The molecule has 0 spiro atoms. The van der Waals surface area contributed by atoms with Crippen molar-refractivity contribution in [3.63, 3.8) is 0 Å². The monoisotopic (exact) mass is 258 g/mol. The van der Waals surface area contributed by atoms with Gasteiger partial charge in [-0.25, -0.2) is 4.98 Å². The van der Waals surface area contributed by atoms with E-state index in [-0.39, 0.29) is 12.5 Å². The van der Waals surface area contributed by atoms with Gasteiger partial charge >= 0.3 is 0 Å². The van der Waals surface area contributed by atoms with Gasteiger partial charge < -0.3 is 5.11 Å². The van der Waals surface area contributed by atoms with E-state index in [1.165, 1.54) is 0 Å². The zero-order valence-corrected chi connectivity index (χ0v) is 10.7. The molecule has 0 bridgehead atoms. The van der Waals surface area contributed by atoms with Crippen molar-refractivity contribution in [2.75, 3.05) is 6.61 Å². The SMILES string of the molecule is OCC(Cc1cn2ccsc2n1)c1ccccc1. The fourth-order valence-electron chi connectivity index (χ4n) is 2.14. The quantitative estimate of drug-likeness (QED) is 0.781. The summed E-state index contributed by atoms with van der Waals surface area (Å²) in [5.41, 5.74) is 2.20. The normalized spacial score (nSPS) is 12.9. The highest BCUT2D eigenvalue weighted by Gasteiger charge is 2.13. The van der Waals surface area contributed by atoms with Crippen LogP contribution in [0.25, 0.3) is 4.96 Å². The number of nitrogens with zero attached hydrogens (tertiary/aromatic N) is 2. The van der Waals surface area contributed by atoms with Crippen LogP contribution in [0.5, 0.6) is 0 Å². The lowest BCUT2D eigenvalue weighted by Crippen LogP contribution is -2.07. The Labute approximate surface area is 109 Å². The van der Waals surface area contributed by atoms with E-state index >= 15 is 0 Å². The number of hydrogen-bond donors (Lipinski definition) is 1. The summed E-state index contributed by atoms with van der Waals surface area (Å²) >= 11 is 1.63. The average Bonchev–Trinajstić information content (AvgIpc) is 2.97. The zero-order valence-electron chi connectivity index (χ0n) is 9.86. The van der Waals surface area contributed by atoms with Crippen molar-refractivity contribution < 1.29 is 5.11 Å². The molecule has 0 saturated heterocycles. The lowest BCUT2D eigenvalue weighted by molar-refractivity contribution is 0.264. The second kappa shape index (κ2) is 4.92. The highest BCUT2D eigenvalue weighted by molar-refractivity contribution is 7.15. The van der Waals surface area contributed by atoms with Gasteiger partial charge in [0.15, 0.2) is 4.96 Å². The number of aliphatic hydroxyl groups is 1. The van der Waals surface area contributed by atoms with Crippen LogP contribution in [-0.4, -0.2) is 21.1 Å². The Kier molecular flexibility index (Phi) is 3.13. The topological polar surface area (TPSA) is 37.5 Å². The van der Waals surface area contributed by atoms with Gasteiger partial charge in [-0.2, -0.15) is 0 Å². The number of aliphatic hydroxyl groups excluding tert-OH is 1. The van der Waals surface area contributed by atoms with E-state index in [1.54, 1.807) is 11.3 Å². The minimum atomic E-state index is 0.121. The minimum Gasteiger partial charge on any atom is -0.396 e. The number of hydrogen-bond acceptors (Lipinski definition) is 3. The van der Waals surface area contributed by atoms with Crippen molar-refractivity contribution in [1.29, 1.82) is 0 Å². The summed E-state index contributed by atoms with van der Waals surface area (Å²) in [4.78, 5) is 5.57. The van der Waals surface area contributed by atoms with Crippen LogP contribution in [0.3, 0.4) is 0 Å². The van der Waals surface area contributed by atoms with Crippen LogP contribution in [0.2, 0.25) is 0 Å². The third-order valence-electron chi connectivity index (χ3n) is 3.09. The Balaban J connectivity index is 1.84. The number of thiazole rings is 1. The summed E-state index contributed by atoms with van der Waals surface area (Å²) in [5.74, 6) is 0.121. The summed E-state index contributed by atoms with van der Waals surface area (Å²) in [6.07, 6.45) is 4.82. The molecular weight excluding hydrogens is 244 g/mol. The number of fused-ring (bicyclic) bond motifs is 1. The van der Waals surface area contributed by atoms with Crippen LogP contribution in [0.1, 0.15) is 17.2 Å². The van der Waals surface area contributed by atoms with E-state index in [9.17, 15) is 5.11 Å². The third-order valence-corrected chi connectivity index (χ3v) is 3.86. The van der Waals surface area contributed by atoms with Crippen LogP contribution < -0.4 is 0 Å². The van der Waals surface area contributed by atoms with Gasteiger partial charge in [0.2, 0.25) is 0 Å². The molecule has 3 nitrogen and oxygen atoms in total. The molecule has 0 fully saturated rings. The Morgan fingerprint density at radius 3 is 2.83 bits per heavy atom. The largest absolute Gasteiger partial charge is 0.396 e. The first-order valence-electron chi connectivity index (χ1n) is 5.93. The molecule has 1 N–H and O–H groups in total. The Morgan fingerprint density at radius 2 is 2.11 bits per heavy atom. The van der Waals surface area contributed by atoms with Gasteiger partial charge in [-0.1, -0.05) is 30.3 Å². The molecule has 18 heavy (non-hydrogen) atoms. The fraction of sp³-hybridized carbons (Fsp3) is 0.214. The molecule has 3 aromatic rings. The van der Waals surface area contributed by atoms with E-state index in [4.69, 9.17) is 0 Å². The van der Waals surface area contributed by atoms with Crippen molar-refractivity contribution in [2.24, 2.45) is 0 Å². The standard InChI is InChI=1S/C14H14N2OS/c17-10-12(11-4-2-1-3-5-11)8-13-9-16-6-7-18-14(16)15-13/h1-7,9,12,17H,8,10H2. The molecule has 3 rings (SSSR count). The van der Waals surface area contributed by atoms with E-state index in [1.807, 2.05) is 40.4 Å². The van der Waals surface area contributed by atoms with Crippen molar-refractivity contribution >= 4 is 16.3 Å². The molecule has 4 heteroatoms. The fourth-order valence-corrected chi connectivity index (χ4v) is 2.86. The van der Waals surface area contributed by atoms with Gasteiger partial charge in [-0.15, -0.1) is 11.3 Å². The van der Waals surface area contributed by atoms with Crippen LogP contribution in [0, 0.1) is 0 Å². The Bertz CT molecular complexity index is 601. The highest BCUT2D eigenvalue weighted by Crippen LogP contribution is 2.21.